The average Bonchev–Trinajstić information content (AvgIpc) is 3.26. The van der Waals surface area contributed by atoms with Gasteiger partial charge in [-0.15, -0.1) is 0 Å². The fourth-order valence-electron chi connectivity index (χ4n) is 3.50. The van der Waals surface area contributed by atoms with E-state index in [2.05, 4.69) is 36.8 Å². The zero-order valence-electron chi connectivity index (χ0n) is 20.4. The van der Waals surface area contributed by atoms with E-state index >= 15 is 0 Å². The van der Waals surface area contributed by atoms with Crippen molar-refractivity contribution in [1.29, 1.82) is 0 Å². The van der Waals surface area contributed by atoms with Gasteiger partial charge in [0.05, 0.1) is 23.9 Å². The molecule has 0 radical (unpaired) electrons. The van der Waals surface area contributed by atoms with Crippen LogP contribution in [0, 0.1) is 0 Å². The van der Waals surface area contributed by atoms with E-state index in [1.807, 2.05) is 24.3 Å². The second kappa shape index (κ2) is 13.3. The highest BCUT2D eigenvalue weighted by molar-refractivity contribution is 9.10. The molecule has 0 saturated heterocycles. The van der Waals surface area contributed by atoms with Crippen molar-refractivity contribution in [3.05, 3.63) is 58.2 Å². The van der Waals surface area contributed by atoms with Crippen LogP contribution in [0.4, 0.5) is 4.79 Å². The smallest absolute Gasteiger partial charge is 0.407 e. The summed E-state index contributed by atoms with van der Waals surface area (Å²) in [6.45, 7) is 3.69. The summed E-state index contributed by atoms with van der Waals surface area (Å²) < 4.78 is 16.5. The normalized spacial score (nSPS) is 11.8. The fraction of sp³-hybridized carbons (Fsp3) is 0.280. The van der Waals surface area contributed by atoms with Gasteiger partial charge in [-0.25, -0.2) is 10.2 Å². The molecule has 12 heteroatoms. The predicted molar refractivity (Wildman–Crippen MR) is 142 cm³/mol. The van der Waals surface area contributed by atoms with Crippen LogP contribution in [0.2, 0.25) is 0 Å². The molecular formula is C25H28BrN5O6. The maximum atomic E-state index is 13.0. The number of rotatable bonds is 12. The van der Waals surface area contributed by atoms with Crippen molar-refractivity contribution in [2.75, 3.05) is 19.8 Å². The number of hydrogen-bond donors (Lipinski definition) is 4. The summed E-state index contributed by atoms with van der Waals surface area (Å²) in [6.07, 6.45) is 2.73. The van der Waals surface area contributed by atoms with Gasteiger partial charge in [-0.2, -0.15) is 5.10 Å². The van der Waals surface area contributed by atoms with Gasteiger partial charge in [-0.1, -0.05) is 18.2 Å². The van der Waals surface area contributed by atoms with Crippen LogP contribution in [0.15, 0.2) is 52.2 Å². The first kappa shape index (κ1) is 27.5. The molecule has 1 heterocycles. The molecule has 0 aliphatic carbocycles. The molecular weight excluding hydrogens is 546 g/mol. The fourth-order valence-corrected chi connectivity index (χ4v) is 4.08. The highest BCUT2D eigenvalue weighted by atomic mass is 79.9. The van der Waals surface area contributed by atoms with E-state index < -0.39 is 23.9 Å². The number of nitrogens with one attached hydrogen (secondary N) is 3. The Morgan fingerprint density at radius 2 is 1.95 bits per heavy atom. The standard InChI is InChI=1S/C25H28BrN5O6/c1-3-35-21-10-15(9-18(26)23(21)37-14-22(27)32)12-29-31-24(33)20(30-25(34)36-4-2)11-16-13-28-19-8-6-5-7-17(16)19/h5-10,12-13,20,28H,3-4,11,14H2,1-2H3,(H2,27,32)(H,30,34)(H,31,33)/b29-12-/t20-/m1/s1. The summed E-state index contributed by atoms with van der Waals surface area (Å²) in [6, 6.07) is 10.0. The first-order chi connectivity index (χ1) is 17.8. The molecule has 5 N–H and O–H groups in total. The van der Waals surface area contributed by atoms with Crippen molar-refractivity contribution in [3.8, 4) is 11.5 Å². The lowest BCUT2D eigenvalue weighted by molar-refractivity contribution is -0.123. The SMILES string of the molecule is CCOC(=O)N[C@H](Cc1c[nH]c2ccccc12)C(=O)N/N=C\c1cc(Br)c(OCC(N)=O)c(OCC)c1. The molecule has 0 bridgehead atoms. The number of carbonyl (C=O) groups is 3. The number of nitrogens with two attached hydrogens (primary N) is 1. The average molecular weight is 574 g/mol. The molecule has 196 valence electrons. The summed E-state index contributed by atoms with van der Waals surface area (Å²) in [7, 11) is 0. The Morgan fingerprint density at radius 3 is 2.68 bits per heavy atom. The van der Waals surface area contributed by atoms with Gasteiger partial charge in [-0.05, 0) is 59.1 Å². The Hall–Kier alpha value is -4.06. The molecule has 2 aromatic carbocycles. The lowest BCUT2D eigenvalue weighted by Gasteiger charge is -2.16. The van der Waals surface area contributed by atoms with E-state index in [-0.39, 0.29) is 19.6 Å². The van der Waals surface area contributed by atoms with Crippen molar-refractivity contribution in [2.45, 2.75) is 26.3 Å². The minimum atomic E-state index is -0.939. The van der Waals surface area contributed by atoms with Crippen LogP contribution < -0.4 is 25.9 Å². The number of carbonyl (C=O) groups excluding carboxylic acids is 3. The Labute approximate surface area is 221 Å². The summed E-state index contributed by atoms with van der Waals surface area (Å²) in [5.74, 6) is -0.465. The number of ether oxygens (including phenoxy) is 3. The third-order valence-corrected chi connectivity index (χ3v) is 5.65. The maximum absolute atomic E-state index is 13.0. The van der Waals surface area contributed by atoms with Crippen LogP contribution in [0.3, 0.4) is 0 Å². The minimum absolute atomic E-state index is 0.168. The summed E-state index contributed by atoms with van der Waals surface area (Å²) in [4.78, 5) is 39.3. The Bertz CT molecular complexity index is 1290. The molecule has 3 aromatic rings. The van der Waals surface area contributed by atoms with Crippen molar-refractivity contribution in [3.63, 3.8) is 0 Å². The number of halogens is 1. The molecule has 1 atom stereocenters. The molecule has 11 nitrogen and oxygen atoms in total. The van der Waals surface area contributed by atoms with Crippen molar-refractivity contribution in [2.24, 2.45) is 10.8 Å². The summed E-state index contributed by atoms with van der Waals surface area (Å²) in [5.41, 5.74) is 9.98. The molecule has 0 fully saturated rings. The molecule has 0 spiro atoms. The number of primary amides is 1. The second-order valence-electron chi connectivity index (χ2n) is 7.73. The lowest BCUT2D eigenvalue weighted by Crippen LogP contribution is -2.47. The number of alkyl carbamates (subject to hydrolysis) is 1. The molecule has 1 aromatic heterocycles. The van der Waals surface area contributed by atoms with Gasteiger partial charge in [0.1, 0.15) is 6.04 Å². The van der Waals surface area contributed by atoms with Crippen LogP contribution in [0.25, 0.3) is 10.9 Å². The number of hydrogen-bond acceptors (Lipinski definition) is 7. The largest absolute Gasteiger partial charge is 0.490 e. The first-order valence-corrected chi connectivity index (χ1v) is 12.3. The number of benzene rings is 2. The minimum Gasteiger partial charge on any atom is -0.490 e. The third kappa shape index (κ3) is 7.71. The number of para-hydroxylation sites is 1. The van der Waals surface area contributed by atoms with E-state index in [0.717, 1.165) is 16.5 Å². The van der Waals surface area contributed by atoms with Gasteiger partial charge in [0.15, 0.2) is 18.1 Å². The van der Waals surface area contributed by atoms with Crippen LogP contribution in [-0.4, -0.2) is 55.0 Å². The number of nitrogens with zero attached hydrogens (tertiary/aromatic N) is 1. The van der Waals surface area contributed by atoms with Gasteiger partial charge in [0.2, 0.25) is 0 Å². The molecule has 3 rings (SSSR count). The molecule has 37 heavy (non-hydrogen) atoms. The number of H-pyrrole nitrogens is 1. The Kier molecular flexibility index (Phi) is 9.90. The van der Waals surface area contributed by atoms with Gasteiger partial charge in [0, 0.05) is 23.5 Å². The van der Waals surface area contributed by atoms with Crippen LogP contribution in [0.5, 0.6) is 11.5 Å². The van der Waals surface area contributed by atoms with E-state index in [0.29, 0.717) is 28.1 Å². The number of aromatic amines is 1. The third-order valence-electron chi connectivity index (χ3n) is 5.06. The number of amides is 3. The summed E-state index contributed by atoms with van der Waals surface area (Å²) >= 11 is 3.39. The van der Waals surface area contributed by atoms with Gasteiger partial charge in [-0.3, -0.25) is 9.59 Å². The van der Waals surface area contributed by atoms with Gasteiger partial charge in [0.25, 0.3) is 11.8 Å². The molecule has 0 aliphatic rings. The number of hydrazone groups is 1. The summed E-state index contributed by atoms with van der Waals surface area (Å²) in [5, 5.41) is 7.58. The van der Waals surface area contributed by atoms with Crippen molar-refractivity contribution in [1.82, 2.24) is 15.7 Å². The predicted octanol–water partition coefficient (Wildman–Crippen LogP) is 3.00. The molecule has 0 saturated carbocycles. The van der Waals surface area contributed by atoms with E-state index in [4.69, 9.17) is 19.9 Å². The Balaban J connectivity index is 1.76. The van der Waals surface area contributed by atoms with Crippen LogP contribution in [-0.2, 0) is 20.7 Å². The quantitative estimate of drug-likeness (QED) is 0.192. The molecule has 3 amide bonds. The van der Waals surface area contributed by atoms with Crippen LogP contribution >= 0.6 is 15.9 Å². The monoisotopic (exact) mass is 573 g/mol. The highest BCUT2D eigenvalue weighted by Gasteiger charge is 2.23. The van der Waals surface area contributed by atoms with Gasteiger partial charge < -0.3 is 30.2 Å². The maximum Gasteiger partial charge on any atom is 0.407 e. The van der Waals surface area contributed by atoms with E-state index in [1.165, 1.54) is 6.21 Å². The lowest BCUT2D eigenvalue weighted by atomic mass is 10.0. The first-order valence-electron chi connectivity index (χ1n) is 11.5. The van der Waals surface area contributed by atoms with E-state index in [1.54, 1.807) is 32.2 Å². The van der Waals surface area contributed by atoms with Gasteiger partial charge >= 0.3 is 6.09 Å². The second-order valence-corrected chi connectivity index (χ2v) is 8.59. The zero-order chi connectivity index (χ0) is 26.8. The van der Waals surface area contributed by atoms with Crippen molar-refractivity contribution < 1.29 is 28.6 Å². The number of fused-ring (bicyclic) bond motifs is 1. The highest BCUT2D eigenvalue weighted by Crippen LogP contribution is 2.36. The van der Waals surface area contributed by atoms with Crippen LogP contribution in [0.1, 0.15) is 25.0 Å². The molecule has 0 aliphatic heterocycles. The Morgan fingerprint density at radius 1 is 1.16 bits per heavy atom. The topological polar surface area (TPSA) is 157 Å². The van der Waals surface area contributed by atoms with Crippen molar-refractivity contribution >= 4 is 51.0 Å². The molecule has 0 unspecified atom stereocenters. The number of aromatic nitrogens is 1. The van der Waals surface area contributed by atoms with E-state index in [9.17, 15) is 14.4 Å². The zero-order valence-corrected chi connectivity index (χ0v) is 22.0.